The van der Waals surface area contributed by atoms with Gasteiger partial charge in [0.25, 0.3) is 5.91 Å². The fourth-order valence-corrected chi connectivity index (χ4v) is 2.43. The molecule has 0 bridgehead atoms. The number of halogens is 2. The van der Waals surface area contributed by atoms with Crippen LogP contribution in [0.2, 0.25) is 0 Å². The van der Waals surface area contributed by atoms with E-state index in [0.717, 1.165) is 17.3 Å². The van der Waals surface area contributed by atoms with Crippen LogP contribution in [-0.4, -0.2) is 5.91 Å². The predicted molar refractivity (Wildman–Crippen MR) is 92.9 cm³/mol. The highest BCUT2D eigenvalue weighted by Crippen LogP contribution is 2.16. The Kier molecular flexibility index (Phi) is 5.04. The molecule has 3 aromatic carbocycles. The summed E-state index contributed by atoms with van der Waals surface area (Å²) in [5, 5.41) is 1.60. The Morgan fingerprint density at radius 1 is 0.840 bits per heavy atom. The van der Waals surface area contributed by atoms with Gasteiger partial charge in [0.2, 0.25) is 0 Å². The Bertz CT molecular complexity index is 854. The molecule has 1 amide bonds. The molecule has 0 unspecified atom stereocenters. The third-order valence-corrected chi connectivity index (χ3v) is 3.68. The maximum Gasteiger partial charge on any atom is 0.272 e. The van der Waals surface area contributed by atoms with Gasteiger partial charge in [0, 0.05) is 0 Å². The smallest absolute Gasteiger partial charge is 0.272 e. The molecule has 0 saturated heterocycles. The van der Waals surface area contributed by atoms with Crippen molar-refractivity contribution in [1.82, 2.24) is 5.43 Å². The van der Waals surface area contributed by atoms with Crippen molar-refractivity contribution in [3.8, 4) is 0 Å². The highest BCUT2D eigenvalue weighted by molar-refractivity contribution is 5.95. The van der Waals surface area contributed by atoms with E-state index in [1.54, 1.807) is 5.01 Å². The minimum atomic E-state index is -1.16. The molecular weight excluding hydrogens is 322 g/mol. The van der Waals surface area contributed by atoms with Crippen molar-refractivity contribution in [1.29, 1.82) is 0 Å². The van der Waals surface area contributed by atoms with Crippen LogP contribution in [0.5, 0.6) is 0 Å². The van der Waals surface area contributed by atoms with Crippen LogP contribution in [0.1, 0.15) is 15.9 Å². The van der Waals surface area contributed by atoms with Crippen molar-refractivity contribution in [2.45, 2.75) is 6.54 Å². The first-order chi connectivity index (χ1) is 12.1. The van der Waals surface area contributed by atoms with Gasteiger partial charge in [0.05, 0.1) is 17.8 Å². The topological polar surface area (TPSA) is 32.3 Å². The molecule has 3 rings (SSSR count). The Morgan fingerprint density at radius 3 is 2.16 bits per heavy atom. The normalized spacial score (nSPS) is 10.3. The van der Waals surface area contributed by atoms with Gasteiger partial charge < -0.3 is 0 Å². The molecule has 0 aliphatic heterocycles. The molecule has 0 aliphatic rings. The first kappa shape index (κ1) is 16.6. The lowest BCUT2D eigenvalue weighted by molar-refractivity contribution is 0.0943. The number of anilines is 1. The SMILES string of the molecule is O=C(NN(Cc1ccccc1)c1ccccc1)c1cccc(F)c1F. The summed E-state index contributed by atoms with van der Waals surface area (Å²) in [5.74, 6) is -2.92. The zero-order valence-corrected chi connectivity index (χ0v) is 13.3. The van der Waals surface area contributed by atoms with Gasteiger partial charge in [-0.15, -0.1) is 0 Å². The van der Waals surface area contributed by atoms with Gasteiger partial charge in [-0.05, 0) is 29.8 Å². The second kappa shape index (κ2) is 7.57. The van der Waals surface area contributed by atoms with Crippen LogP contribution >= 0.6 is 0 Å². The van der Waals surface area contributed by atoms with Gasteiger partial charge in [0.1, 0.15) is 0 Å². The molecule has 0 fully saturated rings. The number of para-hydroxylation sites is 1. The van der Waals surface area contributed by atoms with Gasteiger partial charge in [-0.1, -0.05) is 54.6 Å². The van der Waals surface area contributed by atoms with Crippen molar-refractivity contribution in [2.24, 2.45) is 0 Å². The Hall–Kier alpha value is -3.21. The number of nitrogens with one attached hydrogen (secondary N) is 1. The molecule has 126 valence electrons. The van der Waals surface area contributed by atoms with Crippen LogP contribution in [0.25, 0.3) is 0 Å². The lowest BCUT2D eigenvalue weighted by Crippen LogP contribution is -2.42. The second-order valence-corrected chi connectivity index (χ2v) is 5.45. The lowest BCUT2D eigenvalue weighted by atomic mass is 10.2. The predicted octanol–water partition coefficient (Wildman–Crippen LogP) is 4.32. The first-order valence-electron chi connectivity index (χ1n) is 7.76. The highest BCUT2D eigenvalue weighted by Gasteiger charge is 2.18. The number of carbonyl (C=O) groups excluding carboxylic acids is 1. The zero-order chi connectivity index (χ0) is 17.6. The van der Waals surface area contributed by atoms with Gasteiger partial charge in [0.15, 0.2) is 11.6 Å². The monoisotopic (exact) mass is 338 g/mol. The average Bonchev–Trinajstić information content (AvgIpc) is 2.65. The molecular formula is C20H16F2N2O. The van der Waals surface area contributed by atoms with E-state index in [-0.39, 0.29) is 5.56 Å². The molecule has 0 atom stereocenters. The third kappa shape index (κ3) is 4.01. The summed E-state index contributed by atoms with van der Waals surface area (Å²) >= 11 is 0. The number of rotatable bonds is 5. The Balaban J connectivity index is 1.87. The number of hydrazine groups is 1. The zero-order valence-electron chi connectivity index (χ0n) is 13.3. The van der Waals surface area contributed by atoms with Gasteiger partial charge in [-0.3, -0.25) is 15.2 Å². The van der Waals surface area contributed by atoms with Crippen molar-refractivity contribution in [2.75, 3.05) is 5.01 Å². The maximum absolute atomic E-state index is 13.9. The number of hydrogen-bond acceptors (Lipinski definition) is 2. The molecule has 1 N–H and O–H groups in total. The molecule has 25 heavy (non-hydrogen) atoms. The number of carbonyl (C=O) groups is 1. The summed E-state index contributed by atoms with van der Waals surface area (Å²) in [6.07, 6.45) is 0. The highest BCUT2D eigenvalue weighted by atomic mass is 19.2. The molecule has 3 nitrogen and oxygen atoms in total. The molecule has 3 aromatic rings. The van der Waals surface area contributed by atoms with E-state index in [0.29, 0.717) is 6.54 Å². The molecule has 0 spiro atoms. The van der Waals surface area contributed by atoms with E-state index < -0.39 is 17.5 Å². The van der Waals surface area contributed by atoms with E-state index in [1.165, 1.54) is 12.1 Å². The second-order valence-electron chi connectivity index (χ2n) is 5.45. The van der Waals surface area contributed by atoms with Crippen LogP contribution in [0.4, 0.5) is 14.5 Å². The van der Waals surface area contributed by atoms with E-state index in [2.05, 4.69) is 5.43 Å². The Labute approximate surface area is 144 Å². The molecule has 0 saturated carbocycles. The van der Waals surface area contributed by atoms with Crippen LogP contribution in [0, 0.1) is 11.6 Å². The number of amides is 1. The van der Waals surface area contributed by atoms with E-state index in [1.807, 2.05) is 60.7 Å². The average molecular weight is 338 g/mol. The summed E-state index contributed by atoms with van der Waals surface area (Å²) < 4.78 is 27.3. The Morgan fingerprint density at radius 2 is 1.48 bits per heavy atom. The minimum Gasteiger partial charge on any atom is -0.281 e. The first-order valence-corrected chi connectivity index (χ1v) is 7.76. The minimum absolute atomic E-state index is 0.339. The number of hydrogen-bond donors (Lipinski definition) is 1. The summed E-state index contributed by atoms with van der Waals surface area (Å²) in [6.45, 7) is 0.382. The van der Waals surface area contributed by atoms with E-state index >= 15 is 0 Å². The summed E-state index contributed by atoms with van der Waals surface area (Å²) in [6, 6.07) is 22.2. The maximum atomic E-state index is 13.9. The fourth-order valence-electron chi connectivity index (χ4n) is 2.43. The largest absolute Gasteiger partial charge is 0.281 e. The molecule has 0 radical (unpaired) electrons. The quantitative estimate of drug-likeness (QED) is 0.703. The molecule has 5 heteroatoms. The number of benzene rings is 3. The molecule has 0 heterocycles. The van der Waals surface area contributed by atoms with Gasteiger partial charge in [-0.2, -0.15) is 0 Å². The van der Waals surface area contributed by atoms with Gasteiger partial charge in [-0.25, -0.2) is 8.78 Å². The van der Waals surface area contributed by atoms with Crippen LogP contribution in [0.15, 0.2) is 78.9 Å². The van der Waals surface area contributed by atoms with Crippen molar-refractivity contribution in [3.05, 3.63) is 102 Å². The third-order valence-electron chi connectivity index (χ3n) is 3.68. The molecule has 0 aliphatic carbocycles. The standard InChI is InChI=1S/C20H16F2N2O/c21-18-13-7-12-17(19(18)22)20(25)23-24(16-10-5-2-6-11-16)14-15-8-3-1-4-9-15/h1-13H,14H2,(H,23,25). The summed E-state index contributed by atoms with van der Waals surface area (Å²) in [4.78, 5) is 12.4. The van der Waals surface area contributed by atoms with E-state index in [4.69, 9.17) is 0 Å². The summed E-state index contributed by atoms with van der Waals surface area (Å²) in [7, 11) is 0. The molecule has 0 aromatic heterocycles. The van der Waals surface area contributed by atoms with E-state index in [9.17, 15) is 13.6 Å². The summed E-state index contributed by atoms with van der Waals surface area (Å²) in [5.41, 5.74) is 4.01. The van der Waals surface area contributed by atoms with Gasteiger partial charge >= 0.3 is 0 Å². The van der Waals surface area contributed by atoms with Crippen molar-refractivity contribution in [3.63, 3.8) is 0 Å². The lowest BCUT2D eigenvalue weighted by Gasteiger charge is -2.25. The fraction of sp³-hybridized carbons (Fsp3) is 0.0500. The van der Waals surface area contributed by atoms with Crippen LogP contribution in [0.3, 0.4) is 0 Å². The van der Waals surface area contributed by atoms with Crippen molar-refractivity contribution >= 4 is 11.6 Å². The number of nitrogens with zero attached hydrogens (tertiary/aromatic N) is 1. The van der Waals surface area contributed by atoms with Crippen molar-refractivity contribution < 1.29 is 13.6 Å². The van der Waals surface area contributed by atoms with Crippen LogP contribution < -0.4 is 10.4 Å². The van der Waals surface area contributed by atoms with Crippen LogP contribution in [-0.2, 0) is 6.54 Å².